The molecule has 0 aliphatic rings. The standard InChI is InChI=1S/C2H2O4.2FH.Li.H/c3-1(4)2(5)6;;;;/h(H,3,4)(H,5,6);2*1H;;. The number of aliphatic carboxylic acids is 2. The van der Waals surface area contributed by atoms with E-state index in [1.165, 1.54) is 0 Å². The van der Waals surface area contributed by atoms with Crippen LogP contribution in [0.15, 0.2) is 0 Å². The normalized spacial score (nSPS) is 4.89. The maximum atomic E-state index is 9.10. The van der Waals surface area contributed by atoms with Crippen molar-refractivity contribution in [2.24, 2.45) is 0 Å². The Morgan fingerprint density at radius 1 is 0.889 bits per heavy atom. The van der Waals surface area contributed by atoms with Crippen molar-refractivity contribution in [3.63, 3.8) is 0 Å². The van der Waals surface area contributed by atoms with Gasteiger partial charge in [0.25, 0.3) is 0 Å². The molecule has 0 spiro atoms. The third kappa shape index (κ3) is 18.7. The van der Waals surface area contributed by atoms with Gasteiger partial charge in [-0.05, 0) is 0 Å². The molecule has 0 radical (unpaired) electrons. The van der Waals surface area contributed by atoms with E-state index < -0.39 is 11.9 Å². The van der Waals surface area contributed by atoms with E-state index in [1.807, 2.05) is 0 Å². The Balaban J connectivity index is -0.0000000417. The molecule has 0 heterocycles. The van der Waals surface area contributed by atoms with Crippen LogP contribution < -0.4 is 0 Å². The van der Waals surface area contributed by atoms with Crippen molar-refractivity contribution in [3.8, 4) is 0 Å². The molecule has 0 aromatic carbocycles. The molecule has 0 saturated carbocycles. The van der Waals surface area contributed by atoms with Crippen molar-refractivity contribution in [3.05, 3.63) is 0 Å². The molecule has 0 saturated heterocycles. The summed E-state index contributed by atoms with van der Waals surface area (Å²) in [5.41, 5.74) is 0. The van der Waals surface area contributed by atoms with E-state index in [9.17, 15) is 0 Å². The molecule has 0 bridgehead atoms. The second kappa shape index (κ2) is 10.4. The molecule has 0 atom stereocenters. The summed E-state index contributed by atoms with van der Waals surface area (Å²) in [5.74, 6) is -3.65. The second-order valence-corrected chi connectivity index (χ2v) is 0.610. The number of carboxylic acid groups (broad SMARTS) is 2. The molecular weight excluding hydrogens is 133 g/mol. The van der Waals surface area contributed by atoms with Crippen LogP contribution in [0.5, 0.6) is 0 Å². The first-order valence-corrected chi connectivity index (χ1v) is 1.11. The van der Waals surface area contributed by atoms with Gasteiger partial charge < -0.3 is 10.2 Å². The fraction of sp³-hybridized carbons (Fsp3) is 0. The third-order valence-corrected chi connectivity index (χ3v) is 0.183. The van der Waals surface area contributed by atoms with Gasteiger partial charge in [-0.2, -0.15) is 0 Å². The zero-order valence-electron chi connectivity index (χ0n) is 3.53. The van der Waals surface area contributed by atoms with Crippen LogP contribution in [0.4, 0.5) is 9.41 Å². The molecule has 0 aliphatic carbocycles. The molecule has 0 unspecified atom stereocenters. The first kappa shape index (κ1) is 23.8. The van der Waals surface area contributed by atoms with Gasteiger partial charge in [-0.1, -0.05) is 0 Å². The molecule has 2 N–H and O–H groups in total. The summed E-state index contributed by atoms with van der Waals surface area (Å²) in [5, 5.41) is 14.8. The van der Waals surface area contributed by atoms with Gasteiger partial charge in [0, 0.05) is 0 Å². The molecule has 0 fully saturated rings. The van der Waals surface area contributed by atoms with Crippen LogP contribution >= 0.6 is 0 Å². The molecule has 0 aliphatic heterocycles. The number of carbonyl (C=O) groups is 2. The van der Waals surface area contributed by atoms with Crippen LogP contribution in [0.2, 0.25) is 0 Å². The third-order valence-electron chi connectivity index (χ3n) is 0.183. The predicted octanol–water partition coefficient (Wildman–Crippen LogP) is -1.19. The van der Waals surface area contributed by atoms with Gasteiger partial charge in [0.15, 0.2) is 0 Å². The van der Waals surface area contributed by atoms with Crippen molar-refractivity contribution in [2.45, 2.75) is 0 Å². The molecule has 4 nitrogen and oxygen atoms in total. The summed E-state index contributed by atoms with van der Waals surface area (Å²) in [7, 11) is 0. The molecule has 9 heavy (non-hydrogen) atoms. The Kier molecular flexibility index (Phi) is 27.4. The SMILES string of the molecule is F.F.O=C(O)C(=O)O.[LiH]. The van der Waals surface area contributed by atoms with E-state index in [2.05, 4.69) is 0 Å². The monoisotopic (exact) mass is 138 g/mol. The molecule has 52 valence electrons. The Bertz CT molecular complexity index is 82.6. The van der Waals surface area contributed by atoms with Crippen LogP contribution in [0.25, 0.3) is 0 Å². The number of carboxylic acids is 2. The second-order valence-electron chi connectivity index (χ2n) is 0.610. The van der Waals surface area contributed by atoms with E-state index >= 15 is 0 Å². The first-order valence-electron chi connectivity index (χ1n) is 1.11. The van der Waals surface area contributed by atoms with Crippen LogP contribution in [-0.2, 0) is 9.59 Å². The van der Waals surface area contributed by atoms with Crippen molar-refractivity contribution >= 4 is 30.8 Å². The molecule has 7 heteroatoms. The molecule has 0 aromatic rings. The summed E-state index contributed by atoms with van der Waals surface area (Å²) in [4.78, 5) is 18.2. The molecule has 0 amide bonds. The summed E-state index contributed by atoms with van der Waals surface area (Å²) in [6.07, 6.45) is 0. The van der Waals surface area contributed by atoms with Crippen molar-refractivity contribution < 1.29 is 29.2 Å². The number of rotatable bonds is 0. The summed E-state index contributed by atoms with van der Waals surface area (Å²) in [6, 6.07) is 0. The molecular formula is C2H5F2LiO4. The van der Waals surface area contributed by atoms with Gasteiger partial charge in [0.05, 0.1) is 0 Å². The van der Waals surface area contributed by atoms with Gasteiger partial charge in [-0.3, -0.25) is 9.41 Å². The predicted molar refractivity (Wildman–Crippen MR) is 27.4 cm³/mol. The van der Waals surface area contributed by atoms with Gasteiger partial charge >= 0.3 is 30.8 Å². The fourth-order valence-electron chi connectivity index (χ4n) is 0. The molecule has 0 rings (SSSR count). The van der Waals surface area contributed by atoms with Gasteiger partial charge in [0.1, 0.15) is 0 Å². The summed E-state index contributed by atoms with van der Waals surface area (Å²) < 4.78 is 0. The Hall–Kier alpha value is -0.603. The quantitative estimate of drug-likeness (QED) is 0.326. The van der Waals surface area contributed by atoms with Crippen LogP contribution in [-0.4, -0.2) is 41.0 Å². The van der Waals surface area contributed by atoms with Crippen LogP contribution in [0.1, 0.15) is 0 Å². The Morgan fingerprint density at radius 2 is 1.00 bits per heavy atom. The van der Waals surface area contributed by atoms with Crippen molar-refractivity contribution in [1.82, 2.24) is 0 Å². The number of hydrogen-bond acceptors (Lipinski definition) is 2. The minimum atomic E-state index is -1.82. The van der Waals surface area contributed by atoms with Crippen molar-refractivity contribution in [1.29, 1.82) is 0 Å². The van der Waals surface area contributed by atoms with Gasteiger partial charge in [0.2, 0.25) is 0 Å². The van der Waals surface area contributed by atoms with E-state index in [1.54, 1.807) is 0 Å². The zero-order chi connectivity index (χ0) is 5.15. The first-order chi connectivity index (χ1) is 2.64. The van der Waals surface area contributed by atoms with Crippen molar-refractivity contribution in [2.75, 3.05) is 0 Å². The summed E-state index contributed by atoms with van der Waals surface area (Å²) in [6.45, 7) is 0. The van der Waals surface area contributed by atoms with Crippen LogP contribution in [0.3, 0.4) is 0 Å². The average Bonchev–Trinajstić information content (AvgIpc) is 1.36. The number of hydrogen-bond donors (Lipinski definition) is 2. The van der Waals surface area contributed by atoms with E-state index in [0.29, 0.717) is 0 Å². The van der Waals surface area contributed by atoms with Crippen LogP contribution in [0, 0.1) is 0 Å². The average molecular weight is 138 g/mol. The molecule has 0 aromatic heterocycles. The van der Waals surface area contributed by atoms with E-state index in [-0.39, 0.29) is 28.3 Å². The summed E-state index contributed by atoms with van der Waals surface area (Å²) >= 11 is 0. The fourth-order valence-corrected chi connectivity index (χ4v) is 0. The maximum absolute atomic E-state index is 9.10. The van der Waals surface area contributed by atoms with E-state index in [0.717, 1.165) is 0 Å². The number of halogens is 2. The van der Waals surface area contributed by atoms with Gasteiger partial charge in [-0.25, -0.2) is 9.59 Å². The Labute approximate surface area is 60.8 Å². The Morgan fingerprint density at radius 3 is 1.00 bits per heavy atom. The minimum absolute atomic E-state index is 0. The zero-order valence-corrected chi connectivity index (χ0v) is 3.53. The topological polar surface area (TPSA) is 74.6 Å². The van der Waals surface area contributed by atoms with E-state index in [4.69, 9.17) is 19.8 Å². The van der Waals surface area contributed by atoms with Gasteiger partial charge in [-0.15, -0.1) is 0 Å².